The molecule has 0 unspecified atom stereocenters. The first kappa shape index (κ1) is 22.9. The van der Waals surface area contributed by atoms with E-state index in [1.54, 1.807) is 0 Å². The zero-order valence-electron chi connectivity index (χ0n) is 17.3. The highest BCUT2D eigenvalue weighted by Gasteiger charge is 2.37. The summed E-state index contributed by atoms with van der Waals surface area (Å²) < 4.78 is 50.2. The Hall–Kier alpha value is -0.340. The topological polar surface area (TPSA) is 40.2 Å². The minimum absolute atomic E-state index is 0.112. The van der Waals surface area contributed by atoms with Crippen LogP contribution in [0.25, 0.3) is 0 Å². The van der Waals surface area contributed by atoms with Crippen molar-refractivity contribution in [2.45, 2.75) is 83.2 Å². The van der Waals surface area contributed by atoms with E-state index < -0.39 is 12.5 Å². The van der Waals surface area contributed by atoms with E-state index >= 15 is 0 Å². The Balaban J connectivity index is 1.56. The van der Waals surface area contributed by atoms with E-state index in [4.69, 9.17) is 18.9 Å². The van der Waals surface area contributed by atoms with E-state index in [0.29, 0.717) is 26.3 Å². The minimum Gasteiger partial charge on any atom is -0.379 e. The molecule has 1 saturated carbocycles. The van der Waals surface area contributed by atoms with Crippen molar-refractivity contribution in [3.05, 3.63) is 0 Å². The SMILES string of the molecule is CCOCCOCC(F)(F)CN1CCC(OC2CC(OC(C)(C)C)C2)CC1. The van der Waals surface area contributed by atoms with Crippen LogP contribution in [0.3, 0.4) is 0 Å². The Kier molecular flexibility index (Phi) is 8.87. The molecular formula is C20H37F2NO4. The van der Waals surface area contributed by atoms with Gasteiger partial charge in [-0.25, -0.2) is 8.78 Å². The molecule has 160 valence electrons. The molecule has 1 heterocycles. The largest absolute Gasteiger partial charge is 0.379 e. The lowest BCUT2D eigenvalue weighted by molar-refractivity contribution is -0.169. The number of halogens is 2. The molecule has 2 fully saturated rings. The molecule has 0 aromatic heterocycles. The predicted molar refractivity (Wildman–Crippen MR) is 100 cm³/mol. The maximum atomic E-state index is 14.0. The Morgan fingerprint density at radius 2 is 1.56 bits per heavy atom. The molecule has 1 saturated heterocycles. The van der Waals surface area contributed by atoms with Crippen LogP contribution in [0.5, 0.6) is 0 Å². The summed E-state index contributed by atoms with van der Waals surface area (Å²) in [6.07, 6.45) is 4.22. The Bertz CT molecular complexity index is 417. The fraction of sp³-hybridized carbons (Fsp3) is 1.00. The number of alkyl halides is 2. The van der Waals surface area contributed by atoms with Crippen molar-refractivity contribution < 1.29 is 27.7 Å². The lowest BCUT2D eigenvalue weighted by Gasteiger charge is -2.42. The van der Waals surface area contributed by atoms with Gasteiger partial charge in [0.2, 0.25) is 0 Å². The number of rotatable bonds is 11. The van der Waals surface area contributed by atoms with Crippen LogP contribution >= 0.6 is 0 Å². The molecule has 27 heavy (non-hydrogen) atoms. The molecule has 0 spiro atoms. The van der Waals surface area contributed by atoms with Crippen molar-refractivity contribution >= 4 is 0 Å². The summed E-state index contributed by atoms with van der Waals surface area (Å²) in [5, 5.41) is 0. The van der Waals surface area contributed by atoms with Crippen LogP contribution in [0.15, 0.2) is 0 Å². The number of nitrogens with zero attached hydrogens (tertiary/aromatic N) is 1. The van der Waals surface area contributed by atoms with Crippen molar-refractivity contribution in [2.75, 3.05) is 46.1 Å². The van der Waals surface area contributed by atoms with E-state index in [0.717, 1.165) is 25.7 Å². The molecule has 0 radical (unpaired) electrons. The van der Waals surface area contributed by atoms with Gasteiger partial charge in [-0.3, -0.25) is 4.90 Å². The molecule has 0 bridgehead atoms. The van der Waals surface area contributed by atoms with Gasteiger partial charge >= 0.3 is 0 Å². The molecule has 1 aliphatic carbocycles. The highest BCUT2D eigenvalue weighted by molar-refractivity contribution is 4.86. The minimum atomic E-state index is -2.83. The Morgan fingerprint density at radius 3 is 2.15 bits per heavy atom. The first-order chi connectivity index (χ1) is 12.7. The monoisotopic (exact) mass is 393 g/mol. The smallest absolute Gasteiger partial charge is 0.283 e. The summed E-state index contributed by atoms with van der Waals surface area (Å²) in [5.41, 5.74) is -0.112. The van der Waals surface area contributed by atoms with Crippen LogP contribution in [0.2, 0.25) is 0 Å². The standard InChI is InChI=1S/C20H37F2NO4/c1-5-24-10-11-25-15-20(21,22)14-23-8-6-16(7-9-23)26-17-12-18(13-17)27-19(2,3)4/h16-18H,5-15H2,1-4H3. The third kappa shape index (κ3) is 9.13. The fourth-order valence-corrected chi connectivity index (χ4v) is 3.56. The molecule has 1 aliphatic heterocycles. The second-order valence-electron chi connectivity index (χ2n) is 8.66. The van der Waals surface area contributed by atoms with Crippen LogP contribution in [-0.4, -0.2) is 80.8 Å². The molecule has 0 aromatic carbocycles. The van der Waals surface area contributed by atoms with Gasteiger partial charge in [0, 0.05) is 19.7 Å². The number of piperidine rings is 1. The molecule has 0 N–H and O–H groups in total. The lowest BCUT2D eigenvalue weighted by Crippen LogP contribution is -2.48. The fourth-order valence-electron chi connectivity index (χ4n) is 3.56. The van der Waals surface area contributed by atoms with Crippen LogP contribution in [-0.2, 0) is 18.9 Å². The highest BCUT2D eigenvalue weighted by atomic mass is 19.3. The van der Waals surface area contributed by atoms with Crippen LogP contribution < -0.4 is 0 Å². The summed E-state index contributed by atoms with van der Waals surface area (Å²) in [5.74, 6) is -2.83. The number of hydrogen-bond donors (Lipinski definition) is 0. The van der Waals surface area contributed by atoms with Crippen molar-refractivity contribution in [2.24, 2.45) is 0 Å². The second kappa shape index (κ2) is 10.4. The first-order valence-electron chi connectivity index (χ1n) is 10.3. The summed E-state index contributed by atoms with van der Waals surface area (Å²) in [4.78, 5) is 1.82. The van der Waals surface area contributed by atoms with Crippen molar-refractivity contribution in [3.63, 3.8) is 0 Å². The third-order valence-electron chi connectivity index (χ3n) is 4.84. The average Bonchev–Trinajstić information content (AvgIpc) is 2.53. The van der Waals surface area contributed by atoms with E-state index in [9.17, 15) is 8.78 Å². The quantitative estimate of drug-likeness (QED) is 0.503. The molecule has 2 aliphatic rings. The van der Waals surface area contributed by atoms with E-state index in [2.05, 4.69) is 20.8 Å². The van der Waals surface area contributed by atoms with Crippen LogP contribution in [0.4, 0.5) is 8.78 Å². The van der Waals surface area contributed by atoms with E-state index in [-0.39, 0.29) is 37.1 Å². The molecule has 7 heteroatoms. The highest BCUT2D eigenvalue weighted by Crippen LogP contribution is 2.32. The van der Waals surface area contributed by atoms with Crippen LogP contribution in [0, 0.1) is 0 Å². The summed E-state index contributed by atoms with van der Waals surface area (Å²) >= 11 is 0. The molecule has 0 aromatic rings. The molecular weight excluding hydrogens is 356 g/mol. The number of ether oxygens (including phenoxy) is 4. The Morgan fingerprint density at radius 1 is 0.926 bits per heavy atom. The predicted octanol–water partition coefficient (Wildman–Crippen LogP) is 3.50. The van der Waals surface area contributed by atoms with Gasteiger partial charge in [0.25, 0.3) is 5.92 Å². The molecule has 2 rings (SSSR count). The van der Waals surface area contributed by atoms with Gasteiger partial charge in [0.1, 0.15) is 6.61 Å². The third-order valence-corrected chi connectivity index (χ3v) is 4.84. The summed E-state index contributed by atoms with van der Waals surface area (Å²) in [7, 11) is 0. The van der Waals surface area contributed by atoms with Gasteiger partial charge in [0.05, 0.1) is 43.7 Å². The normalized spacial score (nSPS) is 25.6. The van der Waals surface area contributed by atoms with E-state index in [1.807, 2.05) is 11.8 Å². The van der Waals surface area contributed by atoms with Crippen LogP contribution in [0.1, 0.15) is 53.4 Å². The van der Waals surface area contributed by atoms with E-state index in [1.165, 1.54) is 0 Å². The number of likely N-dealkylation sites (tertiary alicyclic amines) is 1. The summed E-state index contributed by atoms with van der Waals surface area (Å²) in [6.45, 7) is 9.70. The molecule has 0 atom stereocenters. The van der Waals surface area contributed by atoms with Gasteiger partial charge in [-0.15, -0.1) is 0 Å². The zero-order chi connectivity index (χ0) is 19.9. The summed E-state index contributed by atoms with van der Waals surface area (Å²) in [6, 6.07) is 0. The van der Waals surface area contributed by atoms with Gasteiger partial charge in [-0.1, -0.05) is 0 Å². The number of hydrogen-bond acceptors (Lipinski definition) is 5. The van der Waals surface area contributed by atoms with Gasteiger partial charge < -0.3 is 18.9 Å². The van der Waals surface area contributed by atoms with Crippen molar-refractivity contribution in [3.8, 4) is 0 Å². The molecule has 0 amide bonds. The Labute approximate surface area is 162 Å². The van der Waals surface area contributed by atoms with Gasteiger partial charge in [-0.05, 0) is 53.4 Å². The van der Waals surface area contributed by atoms with Gasteiger partial charge in [-0.2, -0.15) is 0 Å². The zero-order valence-corrected chi connectivity index (χ0v) is 17.3. The maximum Gasteiger partial charge on any atom is 0.283 e. The first-order valence-corrected chi connectivity index (χ1v) is 10.3. The molecule has 5 nitrogen and oxygen atoms in total. The lowest BCUT2D eigenvalue weighted by atomic mass is 9.90. The average molecular weight is 394 g/mol. The van der Waals surface area contributed by atoms with Gasteiger partial charge in [0.15, 0.2) is 0 Å². The van der Waals surface area contributed by atoms with Crippen molar-refractivity contribution in [1.82, 2.24) is 4.90 Å². The van der Waals surface area contributed by atoms with Crippen molar-refractivity contribution in [1.29, 1.82) is 0 Å². The second-order valence-corrected chi connectivity index (χ2v) is 8.66. The maximum absolute atomic E-state index is 14.0.